The molecule has 1 aliphatic carbocycles. The highest BCUT2D eigenvalue weighted by Gasteiger charge is 2.38. The normalized spacial score (nSPS) is 16.0. The van der Waals surface area contributed by atoms with Crippen LogP contribution in [0.4, 0.5) is 0 Å². The summed E-state index contributed by atoms with van der Waals surface area (Å²) in [7, 11) is 1.65. The standard InChI is InChI=1S/C31H34O4/c1-30(2)15-16-31(3,4)26-19-28(35-20-22-9-7-6-8-10-22)24(18-25(26)30)23-17-21(12-14-29(32)33)11-13-27(23)34-5/h6-14,17-19H,15-16,20H2,1-5H3,(H,32,33). The quantitative estimate of drug-likeness (QED) is 0.366. The number of hydrogen-bond donors (Lipinski definition) is 1. The molecule has 0 amide bonds. The zero-order chi connectivity index (χ0) is 25.2. The van der Waals surface area contributed by atoms with E-state index in [1.807, 2.05) is 36.4 Å². The van der Waals surface area contributed by atoms with Crippen LogP contribution < -0.4 is 9.47 Å². The Hall–Kier alpha value is -3.53. The van der Waals surface area contributed by atoms with Crippen molar-refractivity contribution in [3.8, 4) is 22.6 Å². The van der Waals surface area contributed by atoms with Gasteiger partial charge in [0.05, 0.1) is 7.11 Å². The summed E-state index contributed by atoms with van der Waals surface area (Å²) in [5, 5.41) is 9.09. The number of methoxy groups -OCH3 is 1. The first-order chi connectivity index (χ1) is 16.6. The van der Waals surface area contributed by atoms with E-state index in [9.17, 15) is 4.79 Å². The van der Waals surface area contributed by atoms with Gasteiger partial charge in [0.1, 0.15) is 18.1 Å². The smallest absolute Gasteiger partial charge is 0.328 e. The molecule has 0 bridgehead atoms. The minimum Gasteiger partial charge on any atom is -0.496 e. The fourth-order valence-electron chi connectivity index (χ4n) is 4.87. The summed E-state index contributed by atoms with van der Waals surface area (Å²) in [5.41, 5.74) is 6.44. The van der Waals surface area contributed by atoms with E-state index in [1.54, 1.807) is 13.2 Å². The predicted octanol–water partition coefficient (Wildman–Crippen LogP) is 7.39. The molecule has 4 rings (SSSR count). The molecular formula is C31H34O4. The molecule has 0 radical (unpaired) electrons. The third-order valence-corrected chi connectivity index (χ3v) is 7.12. The minimum absolute atomic E-state index is 0.0334. The Bertz CT molecular complexity index is 1250. The average Bonchev–Trinajstić information content (AvgIpc) is 2.84. The van der Waals surface area contributed by atoms with Crippen LogP contribution in [-0.4, -0.2) is 18.2 Å². The molecule has 0 aromatic heterocycles. The number of rotatable bonds is 7. The first kappa shape index (κ1) is 24.6. The van der Waals surface area contributed by atoms with E-state index >= 15 is 0 Å². The molecule has 4 heteroatoms. The van der Waals surface area contributed by atoms with E-state index < -0.39 is 5.97 Å². The van der Waals surface area contributed by atoms with Crippen molar-refractivity contribution in [2.45, 2.75) is 58.0 Å². The summed E-state index contributed by atoms with van der Waals surface area (Å²) in [4.78, 5) is 11.1. The summed E-state index contributed by atoms with van der Waals surface area (Å²) in [5.74, 6) is 0.540. The Labute approximate surface area is 208 Å². The summed E-state index contributed by atoms with van der Waals surface area (Å²) < 4.78 is 12.2. The van der Waals surface area contributed by atoms with Gasteiger partial charge in [-0.3, -0.25) is 0 Å². The van der Waals surface area contributed by atoms with Crippen LogP contribution in [0, 0.1) is 0 Å². The van der Waals surface area contributed by atoms with Gasteiger partial charge in [-0.25, -0.2) is 4.79 Å². The van der Waals surface area contributed by atoms with Crippen molar-refractivity contribution in [3.63, 3.8) is 0 Å². The molecule has 0 aliphatic heterocycles. The Balaban J connectivity index is 1.91. The second-order valence-electron chi connectivity index (χ2n) is 10.6. The third kappa shape index (κ3) is 5.27. The molecule has 3 aromatic rings. The summed E-state index contributed by atoms with van der Waals surface area (Å²) in [6.07, 6.45) is 4.97. The molecular weight excluding hydrogens is 436 g/mol. The lowest BCUT2D eigenvalue weighted by molar-refractivity contribution is -0.131. The molecule has 1 aliphatic rings. The fourth-order valence-corrected chi connectivity index (χ4v) is 4.87. The maximum absolute atomic E-state index is 11.1. The zero-order valence-corrected chi connectivity index (χ0v) is 21.2. The zero-order valence-electron chi connectivity index (χ0n) is 21.2. The monoisotopic (exact) mass is 470 g/mol. The lowest BCUT2D eigenvalue weighted by Crippen LogP contribution is -2.33. The van der Waals surface area contributed by atoms with Crippen molar-refractivity contribution in [1.82, 2.24) is 0 Å². The number of fused-ring (bicyclic) bond motifs is 1. The predicted molar refractivity (Wildman–Crippen MR) is 141 cm³/mol. The van der Waals surface area contributed by atoms with Gasteiger partial charge in [-0.1, -0.05) is 64.1 Å². The Morgan fingerprint density at radius 2 is 1.51 bits per heavy atom. The number of benzene rings is 3. The summed E-state index contributed by atoms with van der Waals surface area (Å²) in [6.45, 7) is 9.67. The highest BCUT2D eigenvalue weighted by molar-refractivity contribution is 5.86. The molecule has 1 N–H and O–H groups in total. The van der Waals surface area contributed by atoms with Crippen LogP contribution in [0.2, 0.25) is 0 Å². The Morgan fingerprint density at radius 1 is 0.886 bits per heavy atom. The number of carboxylic acids is 1. The van der Waals surface area contributed by atoms with Crippen LogP contribution in [0.3, 0.4) is 0 Å². The molecule has 182 valence electrons. The van der Waals surface area contributed by atoms with Crippen LogP contribution in [0.1, 0.15) is 62.8 Å². The van der Waals surface area contributed by atoms with E-state index in [1.165, 1.54) is 11.1 Å². The molecule has 4 nitrogen and oxygen atoms in total. The average molecular weight is 471 g/mol. The van der Waals surface area contributed by atoms with Crippen LogP contribution >= 0.6 is 0 Å². The van der Waals surface area contributed by atoms with E-state index in [2.05, 4.69) is 52.0 Å². The fraction of sp³-hybridized carbons (Fsp3) is 0.323. The van der Waals surface area contributed by atoms with Gasteiger partial charge >= 0.3 is 5.97 Å². The molecule has 0 atom stereocenters. The highest BCUT2D eigenvalue weighted by atomic mass is 16.5. The van der Waals surface area contributed by atoms with Crippen molar-refractivity contribution >= 4 is 12.0 Å². The van der Waals surface area contributed by atoms with Crippen molar-refractivity contribution < 1.29 is 19.4 Å². The van der Waals surface area contributed by atoms with Crippen LogP contribution in [0.15, 0.2) is 66.7 Å². The highest BCUT2D eigenvalue weighted by Crippen LogP contribution is 2.50. The Kier molecular flexibility index (Phi) is 6.75. The van der Waals surface area contributed by atoms with Crippen molar-refractivity contribution in [1.29, 1.82) is 0 Å². The van der Waals surface area contributed by atoms with Crippen LogP contribution in [-0.2, 0) is 22.2 Å². The van der Waals surface area contributed by atoms with E-state index in [4.69, 9.17) is 14.6 Å². The second kappa shape index (κ2) is 9.61. The molecule has 0 spiro atoms. The third-order valence-electron chi connectivity index (χ3n) is 7.12. The number of carbonyl (C=O) groups is 1. The van der Waals surface area contributed by atoms with E-state index in [0.717, 1.165) is 52.7 Å². The van der Waals surface area contributed by atoms with Crippen molar-refractivity contribution in [2.75, 3.05) is 7.11 Å². The first-order valence-corrected chi connectivity index (χ1v) is 12.1. The van der Waals surface area contributed by atoms with Gasteiger partial charge in [0, 0.05) is 17.2 Å². The topological polar surface area (TPSA) is 55.8 Å². The van der Waals surface area contributed by atoms with Gasteiger partial charge in [0.2, 0.25) is 0 Å². The van der Waals surface area contributed by atoms with Crippen LogP contribution in [0.25, 0.3) is 17.2 Å². The second-order valence-corrected chi connectivity index (χ2v) is 10.6. The lowest BCUT2D eigenvalue weighted by Gasteiger charge is -2.42. The molecule has 0 fully saturated rings. The van der Waals surface area contributed by atoms with Crippen molar-refractivity contribution in [2.24, 2.45) is 0 Å². The number of ether oxygens (including phenoxy) is 2. The summed E-state index contributed by atoms with van der Waals surface area (Å²) in [6, 6.07) is 20.3. The van der Waals surface area contributed by atoms with Gasteiger partial charge in [-0.2, -0.15) is 0 Å². The van der Waals surface area contributed by atoms with Gasteiger partial charge in [-0.05, 0) is 76.3 Å². The molecule has 0 unspecified atom stereocenters. The van der Waals surface area contributed by atoms with Gasteiger partial charge < -0.3 is 14.6 Å². The molecule has 35 heavy (non-hydrogen) atoms. The maximum Gasteiger partial charge on any atom is 0.328 e. The van der Waals surface area contributed by atoms with Gasteiger partial charge in [0.25, 0.3) is 0 Å². The molecule has 0 heterocycles. The SMILES string of the molecule is COc1ccc(C=CC(=O)O)cc1-c1cc2c(cc1OCc1ccccc1)C(C)(C)CCC2(C)C. The van der Waals surface area contributed by atoms with Gasteiger partial charge in [-0.15, -0.1) is 0 Å². The van der Waals surface area contributed by atoms with Crippen LogP contribution in [0.5, 0.6) is 11.5 Å². The largest absolute Gasteiger partial charge is 0.496 e. The molecule has 0 saturated heterocycles. The van der Waals surface area contributed by atoms with E-state index in [0.29, 0.717) is 6.61 Å². The molecule has 0 saturated carbocycles. The summed E-state index contributed by atoms with van der Waals surface area (Å²) >= 11 is 0. The maximum atomic E-state index is 11.1. The lowest BCUT2D eigenvalue weighted by atomic mass is 9.62. The number of hydrogen-bond acceptors (Lipinski definition) is 3. The minimum atomic E-state index is -0.980. The van der Waals surface area contributed by atoms with Crippen molar-refractivity contribution in [3.05, 3.63) is 89.0 Å². The van der Waals surface area contributed by atoms with E-state index in [-0.39, 0.29) is 10.8 Å². The molecule has 3 aromatic carbocycles. The van der Waals surface area contributed by atoms with Gasteiger partial charge in [0.15, 0.2) is 0 Å². The number of carboxylic acid groups (broad SMARTS) is 1. The first-order valence-electron chi connectivity index (χ1n) is 12.1. The number of aliphatic carboxylic acids is 1. The Morgan fingerprint density at radius 3 is 2.14 bits per heavy atom.